The highest BCUT2D eigenvalue weighted by molar-refractivity contribution is 7.99. The zero-order valence-electron chi connectivity index (χ0n) is 22.9. The minimum Gasteiger partial charge on any atom is -0.0888 e. The predicted molar refractivity (Wildman–Crippen MR) is 176 cm³/mol. The third kappa shape index (κ3) is 3.20. The van der Waals surface area contributed by atoms with E-state index < -0.39 is 5.41 Å². The van der Waals surface area contributed by atoms with Crippen LogP contribution in [0.15, 0.2) is 168 Å². The van der Waals surface area contributed by atoms with Gasteiger partial charge in [-0.1, -0.05) is 151 Å². The molecule has 0 bridgehead atoms. The van der Waals surface area contributed by atoms with E-state index in [1.807, 2.05) is 11.8 Å². The molecule has 2 aliphatic rings. The van der Waals surface area contributed by atoms with Crippen LogP contribution in [0.1, 0.15) is 22.3 Å². The van der Waals surface area contributed by atoms with Crippen LogP contribution in [0.3, 0.4) is 0 Å². The van der Waals surface area contributed by atoms with Crippen LogP contribution >= 0.6 is 11.8 Å². The van der Waals surface area contributed by atoms with E-state index in [9.17, 15) is 0 Å². The summed E-state index contributed by atoms with van der Waals surface area (Å²) in [5.41, 5.74) is 12.7. The molecule has 0 spiro atoms. The molecule has 0 saturated carbocycles. The first-order valence-electron chi connectivity index (χ1n) is 14.5. The minimum atomic E-state index is -0.428. The van der Waals surface area contributed by atoms with Crippen LogP contribution in [0.2, 0.25) is 0 Å². The third-order valence-electron chi connectivity index (χ3n) is 9.14. The normalized spacial score (nSPS) is 13.8. The average molecular weight is 551 g/mol. The Morgan fingerprint density at radius 2 is 1.02 bits per heavy atom. The van der Waals surface area contributed by atoms with Crippen LogP contribution in [-0.2, 0) is 5.41 Å². The predicted octanol–water partition coefficient (Wildman–Crippen LogP) is 11.0. The van der Waals surface area contributed by atoms with Gasteiger partial charge in [0.2, 0.25) is 0 Å². The Labute approximate surface area is 250 Å². The molecule has 0 unspecified atom stereocenters. The largest absolute Gasteiger partial charge is 0.0888 e. The fraction of sp³-hybridized carbons (Fsp3) is 0.0244. The van der Waals surface area contributed by atoms with Crippen molar-refractivity contribution < 1.29 is 0 Å². The maximum Gasteiger partial charge on any atom is 0.0719 e. The van der Waals surface area contributed by atoms with Crippen LogP contribution in [0.5, 0.6) is 0 Å². The summed E-state index contributed by atoms with van der Waals surface area (Å²) in [7, 11) is 0. The lowest BCUT2D eigenvalue weighted by Crippen LogP contribution is -2.29. The van der Waals surface area contributed by atoms with Gasteiger partial charge in [-0.05, 0) is 79.2 Å². The Morgan fingerprint density at radius 1 is 0.405 bits per heavy atom. The molecule has 9 rings (SSSR count). The molecule has 1 heterocycles. The van der Waals surface area contributed by atoms with Crippen LogP contribution in [0.4, 0.5) is 0 Å². The number of benzene rings is 7. The van der Waals surface area contributed by atoms with E-state index >= 15 is 0 Å². The second-order valence-electron chi connectivity index (χ2n) is 11.2. The number of fused-ring (bicyclic) bond motifs is 5. The van der Waals surface area contributed by atoms with E-state index in [0.29, 0.717) is 0 Å². The van der Waals surface area contributed by atoms with E-state index in [0.717, 1.165) is 0 Å². The highest BCUT2D eigenvalue weighted by Crippen LogP contribution is 2.59. The summed E-state index contributed by atoms with van der Waals surface area (Å²) in [5, 5.41) is 2.67. The molecule has 0 fully saturated rings. The molecule has 0 atom stereocenters. The Morgan fingerprint density at radius 3 is 1.81 bits per heavy atom. The fourth-order valence-corrected chi connectivity index (χ4v) is 8.60. The van der Waals surface area contributed by atoms with Crippen molar-refractivity contribution in [3.05, 3.63) is 180 Å². The van der Waals surface area contributed by atoms with Crippen molar-refractivity contribution in [3.63, 3.8) is 0 Å². The van der Waals surface area contributed by atoms with Gasteiger partial charge in [0, 0.05) is 15.2 Å². The van der Waals surface area contributed by atoms with E-state index in [1.165, 1.54) is 76.2 Å². The molecule has 0 N–H and O–H groups in total. The molecule has 0 saturated heterocycles. The molecule has 42 heavy (non-hydrogen) atoms. The van der Waals surface area contributed by atoms with Gasteiger partial charge in [-0.25, -0.2) is 0 Å². The second kappa shape index (κ2) is 9.08. The Bertz CT molecular complexity index is 2110. The van der Waals surface area contributed by atoms with Crippen molar-refractivity contribution in [1.82, 2.24) is 0 Å². The molecule has 7 aromatic rings. The third-order valence-corrected chi connectivity index (χ3v) is 10.3. The molecule has 0 aromatic heterocycles. The topological polar surface area (TPSA) is 0 Å². The minimum absolute atomic E-state index is 0.428. The lowest BCUT2D eigenvalue weighted by molar-refractivity contribution is 0.770. The molecule has 7 aromatic carbocycles. The van der Waals surface area contributed by atoms with Gasteiger partial charge in [0.1, 0.15) is 0 Å². The molecular weight excluding hydrogens is 525 g/mol. The number of hydrogen-bond donors (Lipinski definition) is 0. The second-order valence-corrected chi connectivity index (χ2v) is 12.3. The Kier molecular flexibility index (Phi) is 5.15. The van der Waals surface area contributed by atoms with Crippen LogP contribution in [-0.4, -0.2) is 0 Å². The van der Waals surface area contributed by atoms with Gasteiger partial charge in [-0.2, -0.15) is 0 Å². The molecule has 0 nitrogen and oxygen atoms in total. The highest BCUT2D eigenvalue weighted by Gasteiger charge is 2.47. The average Bonchev–Trinajstić information content (AvgIpc) is 3.37. The lowest BCUT2D eigenvalue weighted by Gasteiger charge is -2.35. The van der Waals surface area contributed by atoms with Crippen molar-refractivity contribution in [2.45, 2.75) is 15.2 Å². The quantitative estimate of drug-likeness (QED) is 0.211. The summed E-state index contributed by atoms with van der Waals surface area (Å²) in [6, 6.07) is 58.5. The zero-order chi connectivity index (χ0) is 27.7. The van der Waals surface area contributed by atoms with Gasteiger partial charge in [0.15, 0.2) is 0 Å². The summed E-state index contributed by atoms with van der Waals surface area (Å²) in [4.78, 5) is 2.66. The van der Waals surface area contributed by atoms with Crippen molar-refractivity contribution in [1.29, 1.82) is 0 Å². The van der Waals surface area contributed by atoms with Gasteiger partial charge < -0.3 is 0 Å². The summed E-state index contributed by atoms with van der Waals surface area (Å²) in [6.07, 6.45) is 0. The molecule has 1 aliphatic carbocycles. The Hall–Kier alpha value is -4.85. The van der Waals surface area contributed by atoms with Gasteiger partial charge in [-0.15, -0.1) is 0 Å². The van der Waals surface area contributed by atoms with Crippen LogP contribution in [0, 0.1) is 0 Å². The van der Waals surface area contributed by atoms with Crippen LogP contribution < -0.4 is 0 Å². The summed E-state index contributed by atoms with van der Waals surface area (Å²) < 4.78 is 0. The van der Waals surface area contributed by atoms with Crippen molar-refractivity contribution >= 4 is 22.5 Å². The van der Waals surface area contributed by atoms with Crippen molar-refractivity contribution in [3.8, 4) is 33.4 Å². The van der Waals surface area contributed by atoms with E-state index in [2.05, 4.69) is 158 Å². The fourth-order valence-electron chi connectivity index (χ4n) is 7.48. The van der Waals surface area contributed by atoms with E-state index in [4.69, 9.17) is 0 Å². The first-order valence-corrected chi connectivity index (χ1v) is 15.3. The zero-order valence-corrected chi connectivity index (χ0v) is 23.7. The van der Waals surface area contributed by atoms with Gasteiger partial charge in [0.05, 0.1) is 5.41 Å². The SMILES string of the molecule is c1ccc(C2(c3ccccc3)c3ccccc3-c3cccc(-c4ccc5c(c4)-c4cccc6cccc(c46)S5)c32)cc1. The first-order chi connectivity index (χ1) is 20.8. The number of hydrogen-bond acceptors (Lipinski definition) is 1. The molecule has 0 radical (unpaired) electrons. The monoisotopic (exact) mass is 550 g/mol. The van der Waals surface area contributed by atoms with Gasteiger partial charge >= 0.3 is 0 Å². The van der Waals surface area contributed by atoms with Crippen molar-refractivity contribution in [2.24, 2.45) is 0 Å². The van der Waals surface area contributed by atoms with E-state index in [1.54, 1.807) is 0 Å². The Balaban J connectivity index is 1.37. The molecule has 1 heteroatoms. The molecule has 196 valence electrons. The van der Waals surface area contributed by atoms with Gasteiger partial charge in [0.25, 0.3) is 0 Å². The summed E-state index contributed by atoms with van der Waals surface area (Å²) in [5.74, 6) is 0. The first kappa shape index (κ1) is 23.8. The maximum atomic E-state index is 2.44. The van der Waals surface area contributed by atoms with Gasteiger partial charge in [-0.3, -0.25) is 0 Å². The summed E-state index contributed by atoms with van der Waals surface area (Å²) >= 11 is 1.89. The smallest absolute Gasteiger partial charge is 0.0719 e. The van der Waals surface area contributed by atoms with E-state index in [-0.39, 0.29) is 0 Å². The molecule has 1 aliphatic heterocycles. The molecular formula is C41H26S. The van der Waals surface area contributed by atoms with Crippen LogP contribution in [0.25, 0.3) is 44.2 Å². The summed E-state index contributed by atoms with van der Waals surface area (Å²) in [6.45, 7) is 0. The molecule has 0 amide bonds. The highest BCUT2D eigenvalue weighted by atomic mass is 32.2. The maximum absolute atomic E-state index is 2.44. The standard InChI is InChI=1S/C41H26S/c1-3-14-29(15-4-1)41(30-16-5-2-6-17-30)36-22-8-7-18-32(36)34-21-11-19-31(40(34)41)28-24-25-37-35(26-28)33-20-9-12-27-13-10-23-38(42-37)39(27)33/h1-26H. The number of rotatable bonds is 3. The van der Waals surface area contributed by atoms with Crippen molar-refractivity contribution in [2.75, 3.05) is 0 Å². The lowest BCUT2D eigenvalue weighted by atomic mass is 9.66.